The summed E-state index contributed by atoms with van der Waals surface area (Å²) >= 11 is 0. The lowest BCUT2D eigenvalue weighted by molar-refractivity contribution is 0.0483. The molecular weight excluding hydrogens is 194 g/mol. The van der Waals surface area contributed by atoms with Gasteiger partial charge in [-0.2, -0.15) is 0 Å². The van der Waals surface area contributed by atoms with Gasteiger partial charge in [-0.1, -0.05) is 6.42 Å². The average Bonchev–Trinajstić information content (AvgIpc) is 2.48. The number of amides is 1. The molecule has 0 heterocycles. The first-order chi connectivity index (χ1) is 6.92. The molecule has 4 nitrogen and oxygen atoms in total. The first kappa shape index (κ1) is 12.3. The van der Waals surface area contributed by atoms with Crippen LogP contribution in [0.15, 0.2) is 0 Å². The molecule has 2 atom stereocenters. The molecule has 1 amide bonds. The van der Waals surface area contributed by atoms with Gasteiger partial charge in [0.15, 0.2) is 0 Å². The van der Waals surface area contributed by atoms with Gasteiger partial charge in [0, 0.05) is 18.6 Å². The van der Waals surface area contributed by atoms with Crippen molar-refractivity contribution in [1.82, 2.24) is 5.32 Å². The van der Waals surface area contributed by atoms with Gasteiger partial charge < -0.3 is 15.2 Å². The Labute approximate surface area is 91.0 Å². The lowest BCUT2D eigenvalue weighted by Crippen LogP contribution is -2.41. The minimum atomic E-state index is -0.461. The predicted octanol–water partition coefficient (Wildman–Crippen LogP) is 1.67. The quantitative estimate of drug-likeness (QED) is 0.736. The average molecular weight is 215 g/mol. The number of hydrogen-bond donors (Lipinski definition) is 2. The number of rotatable bonds is 2. The highest BCUT2D eigenvalue weighted by Gasteiger charge is 2.29. The van der Waals surface area contributed by atoms with Crippen LogP contribution in [0.5, 0.6) is 0 Å². The summed E-state index contributed by atoms with van der Waals surface area (Å²) in [5, 5.41) is 11.9. The van der Waals surface area contributed by atoms with E-state index in [-0.39, 0.29) is 24.7 Å². The van der Waals surface area contributed by atoms with Crippen LogP contribution in [0.25, 0.3) is 0 Å². The fourth-order valence-electron chi connectivity index (χ4n) is 1.90. The fraction of sp³-hybridized carbons (Fsp3) is 0.909. The summed E-state index contributed by atoms with van der Waals surface area (Å²) in [5.41, 5.74) is -0.461. The second kappa shape index (κ2) is 4.84. The fourth-order valence-corrected chi connectivity index (χ4v) is 1.90. The predicted molar refractivity (Wildman–Crippen MR) is 57.6 cm³/mol. The highest BCUT2D eigenvalue weighted by Crippen LogP contribution is 2.25. The molecule has 1 fully saturated rings. The molecule has 4 heteroatoms. The Morgan fingerprint density at radius 2 is 2.13 bits per heavy atom. The van der Waals surface area contributed by atoms with Crippen LogP contribution in [0.4, 0.5) is 4.79 Å². The van der Waals surface area contributed by atoms with E-state index >= 15 is 0 Å². The molecule has 0 unspecified atom stereocenters. The molecule has 1 aliphatic rings. The van der Waals surface area contributed by atoms with E-state index in [1.54, 1.807) is 0 Å². The number of ether oxygens (including phenoxy) is 1. The molecule has 0 aliphatic heterocycles. The topological polar surface area (TPSA) is 58.6 Å². The van der Waals surface area contributed by atoms with Gasteiger partial charge in [-0.3, -0.25) is 0 Å². The molecular formula is C11H21NO3. The molecule has 0 aromatic rings. The van der Waals surface area contributed by atoms with Crippen LogP contribution in [0.2, 0.25) is 0 Å². The minimum Gasteiger partial charge on any atom is -0.444 e. The zero-order valence-corrected chi connectivity index (χ0v) is 9.75. The second-order valence-electron chi connectivity index (χ2n) is 5.13. The highest BCUT2D eigenvalue weighted by atomic mass is 16.6. The lowest BCUT2D eigenvalue weighted by atomic mass is 10.1. The van der Waals surface area contributed by atoms with Crippen LogP contribution in [-0.2, 0) is 4.74 Å². The third-order valence-electron chi connectivity index (χ3n) is 2.60. The van der Waals surface area contributed by atoms with Crippen LogP contribution >= 0.6 is 0 Å². The molecule has 1 rings (SSSR count). The van der Waals surface area contributed by atoms with Crippen molar-refractivity contribution in [2.24, 2.45) is 5.92 Å². The second-order valence-corrected chi connectivity index (χ2v) is 5.13. The number of hydrogen-bond acceptors (Lipinski definition) is 3. The van der Waals surface area contributed by atoms with Gasteiger partial charge >= 0.3 is 6.09 Å². The zero-order chi connectivity index (χ0) is 11.5. The standard InChI is InChI=1S/C11H21NO3/c1-11(2,3)15-10(14)12-9-6-4-5-8(9)7-13/h8-9,13H,4-7H2,1-3H3,(H,12,14)/t8-,9+/m0/s1. The molecule has 15 heavy (non-hydrogen) atoms. The zero-order valence-electron chi connectivity index (χ0n) is 9.75. The summed E-state index contributed by atoms with van der Waals surface area (Å²) in [6, 6.07) is 0.0739. The third kappa shape index (κ3) is 4.08. The Bertz CT molecular complexity index is 222. The minimum absolute atomic E-state index is 0.0739. The van der Waals surface area contributed by atoms with Crippen molar-refractivity contribution in [3.63, 3.8) is 0 Å². The number of alkyl carbamates (subject to hydrolysis) is 1. The Kier molecular flexibility index (Phi) is 3.97. The Hall–Kier alpha value is -0.770. The maximum absolute atomic E-state index is 11.5. The summed E-state index contributed by atoms with van der Waals surface area (Å²) in [6.45, 7) is 5.65. The summed E-state index contributed by atoms with van der Waals surface area (Å²) in [4.78, 5) is 11.5. The third-order valence-corrected chi connectivity index (χ3v) is 2.60. The van der Waals surface area contributed by atoms with Gasteiger partial charge in [-0.25, -0.2) is 4.79 Å². The van der Waals surface area contributed by atoms with Crippen LogP contribution in [-0.4, -0.2) is 29.4 Å². The summed E-state index contributed by atoms with van der Waals surface area (Å²) in [5.74, 6) is 0.192. The molecule has 1 saturated carbocycles. The Balaban J connectivity index is 2.37. The van der Waals surface area contributed by atoms with E-state index in [4.69, 9.17) is 9.84 Å². The Morgan fingerprint density at radius 3 is 2.67 bits per heavy atom. The maximum atomic E-state index is 11.5. The number of carbonyl (C=O) groups is 1. The molecule has 2 N–H and O–H groups in total. The van der Waals surface area contributed by atoms with Gasteiger partial charge in [0.1, 0.15) is 5.60 Å². The first-order valence-electron chi connectivity index (χ1n) is 5.53. The van der Waals surface area contributed by atoms with Gasteiger partial charge in [0.05, 0.1) is 0 Å². The summed E-state index contributed by atoms with van der Waals surface area (Å²) in [6.07, 6.45) is 2.60. The van der Waals surface area contributed by atoms with Gasteiger partial charge in [0.2, 0.25) is 0 Å². The van der Waals surface area contributed by atoms with E-state index < -0.39 is 5.60 Å². The largest absolute Gasteiger partial charge is 0.444 e. The molecule has 88 valence electrons. The Morgan fingerprint density at radius 1 is 1.47 bits per heavy atom. The molecule has 0 bridgehead atoms. The molecule has 0 aromatic carbocycles. The van der Waals surface area contributed by atoms with E-state index in [9.17, 15) is 4.79 Å². The van der Waals surface area contributed by atoms with Crippen molar-refractivity contribution in [3.05, 3.63) is 0 Å². The molecule has 0 spiro atoms. The van der Waals surface area contributed by atoms with Crippen LogP contribution in [0.1, 0.15) is 40.0 Å². The maximum Gasteiger partial charge on any atom is 0.407 e. The monoisotopic (exact) mass is 215 g/mol. The van der Waals surface area contributed by atoms with Crippen molar-refractivity contribution in [2.75, 3.05) is 6.61 Å². The van der Waals surface area contributed by atoms with E-state index in [1.807, 2.05) is 20.8 Å². The van der Waals surface area contributed by atoms with E-state index in [1.165, 1.54) is 0 Å². The van der Waals surface area contributed by atoms with Crippen LogP contribution in [0, 0.1) is 5.92 Å². The smallest absolute Gasteiger partial charge is 0.407 e. The van der Waals surface area contributed by atoms with Gasteiger partial charge in [-0.15, -0.1) is 0 Å². The number of aliphatic hydroxyl groups is 1. The van der Waals surface area contributed by atoms with Crippen LogP contribution in [0.3, 0.4) is 0 Å². The van der Waals surface area contributed by atoms with Crippen molar-refractivity contribution in [3.8, 4) is 0 Å². The normalized spacial score (nSPS) is 26.4. The summed E-state index contributed by atoms with van der Waals surface area (Å²) < 4.78 is 5.16. The van der Waals surface area contributed by atoms with Crippen LogP contribution < -0.4 is 5.32 Å². The van der Waals surface area contributed by atoms with E-state index in [0.717, 1.165) is 19.3 Å². The van der Waals surface area contributed by atoms with Crippen molar-refractivity contribution < 1.29 is 14.6 Å². The number of carbonyl (C=O) groups excluding carboxylic acids is 1. The van der Waals surface area contributed by atoms with E-state index in [2.05, 4.69) is 5.32 Å². The van der Waals surface area contributed by atoms with Crippen molar-refractivity contribution in [1.29, 1.82) is 0 Å². The van der Waals surface area contributed by atoms with E-state index in [0.29, 0.717) is 0 Å². The SMILES string of the molecule is CC(C)(C)OC(=O)N[C@@H]1CCC[C@H]1CO. The molecule has 0 radical (unpaired) electrons. The molecule has 0 saturated heterocycles. The van der Waals surface area contributed by atoms with Gasteiger partial charge in [-0.05, 0) is 33.6 Å². The highest BCUT2D eigenvalue weighted by molar-refractivity contribution is 5.68. The molecule has 1 aliphatic carbocycles. The number of aliphatic hydroxyl groups excluding tert-OH is 1. The van der Waals surface area contributed by atoms with Crippen molar-refractivity contribution in [2.45, 2.75) is 51.7 Å². The lowest BCUT2D eigenvalue weighted by Gasteiger charge is -2.23. The molecule has 0 aromatic heterocycles. The van der Waals surface area contributed by atoms with Gasteiger partial charge in [0.25, 0.3) is 0 Å². The first-order valence-corrected chi connectivity index (χ1v) is 5.53. The van der Waals surface area contributed by atoms with Crippen molar-refractivity contribution >= 4 is 6.09 Å². The number of nitrogens with one attached hydrogen (secondary N) is 1. The summed E-state index contributed by atoms with van der Waals surface area (Å²) in [7, 11) is 0.